The normalized spacial score (nSPS) is 10.9. The predicted octanol–water partition coefficient (Wildman–Crippen LogP) is 1.32. The van der Waals surface area contributed by atoms with Gasteiger partial charge in [-0.2, -0.15) is 0 Å². The summed E-state index contributed by atoms with van der Waals surface area (Å²) < 4.78 is 26.4. The van der Waals surface area contributed by atoms with E-state index in [0.29, 0.717) is 11.5 Å². The van der Waals surface area contributed by atoms with Crippen LogP contribution in [0.3, 0.4) is 0 Å². The van der Waals surface area contributed by atoms with Crippen molar-refractivity contribution in [1.29, 1.82) is 0 Å². The smallest absolute Gasteiger partial charge is 0.262 e. The number of hydrogen-bond acceptors (Lipinski definition) is 5. The summed E-state index contributed by atoms with van der Waals surface area (Å²) in [5.74, 6) is 0.668. The number of pyridine rings is 2. The van der Waals surface area contributed by atoms with Crippen molar-refractivity contribution in [2.75, 3.05) is 17.1 Å². The third-order valence-corrected chi connectivity index (χ3v) is 3.63. The van der Waals surface area contributed by atoms with Gasteiger partial charge < -0.3 is 5.32 Å². The molecule has 0 amide bonds. The zero-order valence-corrected chi connectivity index (χ0v) is 10.5. The first-order chi connectivity index (χ1) is 8.62. The van der Waals surface area contributed by atoms with Gasteiger partial charge in [0.15, 0.2) is 0 Å². The SMILES string of the molecule is CNc1ccc(NS(=O)(=O)c2ccncc2)cn1. The molecule has 2 heterocycles. The Hall–Kier alpha value is -2.15. The Morgan fingerprint density at radius 2 is 1.83 bits per heavy atom. The summed E-state index contributed by atoms with van der Waals surface area (Å²) in [6, 6.07) is 6.18. The third kappa shape index (κ3) is 2.75. The quantitative estimate of drug-likeness (QED) is 0.870. The van der Waals surface area contributed by atoms with Crippen molar-refractivity contribution in [2.45, 2.75) is 4.90 Å². The Morgan fingerprint density at radius 1 is 1.11 bits per heavy atom. The molecule has 0 aromatic carbocycles. The minimum Gasteiger partial charge on any atom is -0.373 e. The molecule has 0 aliphatic carbocycles. The van der Waals surface area contributed by atoms with Crippen LogP contribution in [0.2, 0.25) is 0 Å². The molecule has 0 atom stereocenters. The summed E-state index contributed by atoms with van der Waals surface area (Å²) in [6.45, 7) is 0. The molecule has 0 saturated carbocycles. The molecule has 0 bridgehead atoms. The van der Waals surface area contributed by atoms with E-state index in [-0.39, 0.29) is 4.90 Å². The second kappa shape index (κ2) is 5.01. The minimum atomic E-state index is -3.58. The van der Waals surface area contributed by atoms with Crippen LogP contribution in [-0.2, 0) is 10.0 Å². The van der Waals surface area contributed by atoms with Crippen LogP contribution in [0.25, 0.3) is 0 Å². The van der Waals surface area contributed by atoms with Gasteiger partial charge in [-0.05, 0) is 24.3 Å². The summed E-state index contributed by atoms with van der Waals surface area (Å²) in [7, 11) is -1.84. The van der Waals surface area contributed by atoms with Crippen LogP contribution >= 0.6 is 0 Å². The van der Waals surface area contributed by atoms with E-state index >= 15 is 0 Å². The van der Waals surface area contributed by atoms with Gasteiger partial charge in [-0.25, -0.2) is 13.4 Å². The van der Waals surface area contributed by atoms with Gasteiger partial charge in [0.2, 0.25) is 0 Å². The fourth-order valence-corrected chi connectivity index (χ4v) is 2.36. The number of rotatable bonds is 4. The topological polar surface area (TPSA) is 84.0 Å². The van der Waals surface area contributed by atoms with Gasteiger partial charge in [0.25, 0.3) is 10.0 Å². The van der Waals surface area contributed by atoms with E-state index in [9.17, 15) is 8.42 Å². The maximum Gasteiger partial charge on any atom is 0.262 e. The highest BCUT2D eigenvalue weighted by molar-refractivity contribution is 7.92. The van der Waals surface area contributed by atoms with Crippen molar-refractivity contribution in [3.63, 3.8) is 0 Å². The van der Waals surface area contributed by atoms with Crippen molar-refractivity contribution >= 4 is 21.5 Å². The van der Waals surface area contributed by atoms with Crippen LogP contribution < -0.4 is 10.0 Å². The first-order valence-electron chi connectivity index (χ1n) is 5.18. The van der Waals surface area contributed by atoms with E-state index in [1.54, 1.807) is 19.2 Å². The van der Waals surface area contributed by atoms with Crippen LogP contribution in [0.5, 0.6) is 0 Å². The van der Waals surface area contributed by atoms with Crippen LogP contribution in [0.15, 0.2) is 47.8 Å². The summed E-state index contributed by atoms with van der Waals surface area (Å²) in [5, 5.41) is 2.85. The number of hydrogen-bond donors (Lipinski definition) is 2. The maximum absolute atomic E-state index is 12.0. The molecule has 2 rings (SSSR count). The molecule has 0 spiro atoms. The highest BCUT2D eigenvalue weighted by atomic mass is 32.2. The zero-order valence-electron chi connectivity index (χ0n) is 9.66. The third-order valence-electron chi connectivity index (χ3n) is 2.23. The van der Waals surface area contributed by atoms with Gasteiger partial charge in [-0.1, -0.05) is 0 Å². The number of anilines is 2. The molecule has 0 fully saturated rings. The van der Waals surface area contributed by atoms with Gasteiger partial charge in [-0.3, -0.25) is 9.71 Å². The Labute approximate surface area is 105 Å². The fourth-order valence-electron chi connectivity index (χ4n) is 1.33. The molecule has 0 unspecified atom stereocenters. The summed E-state index contributed by atoms with van der Waals surface area (Å²) in [4.78, 5) is 7.96. The molecule has 2 aromatic rings. The molecule has 7 heteroatoms. The second-order valence-corrected chi connectivity index (χ2v) is 5.15. The van der Waals surface area contributed by atoms with E-state index in [1.165, 1.54) is 30.7 Å². The van der Waals surface area contributed by atoms with E-state index in [1.807, 2.05) is 0 Å². The summed E-state index contributed by atoms with van der Waals surface area (Å²) in [6.07, 6.45) is 4.30. The lowest BCUT2D eigenvalue weighted by atomic mass is 10.4. The molecular formula is C11H12N4O2S. The number of aromatic nitrogens is 2. The molecule has 6 nitrogen and oxygen atoms in total. The molecule has 0 saturated heterocycles. The number of nitrogens with zero attached hydrogens (tertiary/aromatic N) is 2. The van der Waals surface area contributed by atoms with E-state index in [2.05, 4.69) is 20.0 Å². The average Bonchev–Trinajstić information content (AvgIpc) is 2.40. The largest absolute Gasteiger partial charge is 0.373 e. The number of nitrogens with one attached hydrogen (secondary N) is 2. The van der Waals surface area contributed by atoms with Gasteiger partial charge in [0.05, 0.1) is 16.8 Å². The van der Waals surface area contributed by atoms with Crippen LogP contribution in [0.4, 0.5) is 11.5 Å². The molecule has 0 aliphatic heterocycles. The lowest BCUT2D eigenvalue weighted by Gasteiger charge is -2.07. The Kier molecular flexibility index (Phi) is 3.42. The van der Waals surface area contributed by atoms with Gasteiger partial charge >= 0.3 is 0 Å². The molecule has 0 radical (unpaired) electrons. The fraction of sp³-hybridized carbons (Fsp3) is 0.0909. The predicted molar refractivity (Wildman–Crippen MR) is 68.8 cm³/mol. The molecule has 2 N–H and O–H groups in total. The molecule has 0 aliphatic rings. The van der Waals surface area contributed by atoms with Gasteiger partial charge in [-0.15, -0.1) is 0 Å². The van der Waals surface area contributed by atoms with E-state index in [4.69, 9.17) is 0 Å². The Morgan fingerprint density at radius 3 is 2.39 bits per heavy atom. The average molecular weight is 264 g/mol. The Bertz CT molecular complexity index is 611. The van der Waals surface area contributed by atoms with Crippen LogP contribution in [0.1, 0.15) is 0 Å². The van der Waals surface area contributed by atoms with Crippen molar-refractivity contribution in [3.8, 4) is 0 Å². The highest BCUT2D eigenvalue weighted by Crippen LogP contribution is 2.15. The van der Waals surface area contributed by atoms with Gasteiger partial charge in [0, 0.05) is 19.4 Å². The first-order valence-corrected chi connectivity index (χ1v) is 6.67. The van der Waals surface area contributed by atoms with E-state index < -0.39 is 10.0 Å². The minimum absolute atomic E-state index is 0.162. The second-order valence-electron chi connectivity index (χ2n) is 3.47. The van der Waals surface area contributed by atoms with Crippen molar-refractivity contribution in [2.24, 2.45) is 0 Å². The first kappa shape index (κ1) is 12.3. The zero-order chi connectivity index (χ0) is 13.0. The molecule has 94 valence electrons. The van der Waals surface area contributed by atoms with E-state index in [0.717, 1.165) is 0 Å². The molecule has 2 aromatic heterocycles. The van der Waals surface area contributed by atoms with Crippen LogP contribution in [-0.4, -0.2) is 25.4 Å². The standard InChI is InChI=1S/C11H12N4O2S/c1-12-11-3-2-9(8-14-11)15-18(16,17)10-4-6-13-7-5-10/h2-8,15H,1H3,(H,12,14). The summed E-state index contributed by atoms with van der Waals surface area (Å²) in [5.41, 5.74) is 0.408. The lowest BCUT2D eigenvalue weighted by molar-refractivity contribution is 0.601. The van der Waals surface area contributed by atoms with Crippen molar-refractivity contribution in [3.05, 3.63) is 42.9 Å². The van der Waals surface area contributed by atoms with Gasteiger partial charge in [0.1, 0.15) is 5.82 Å². The molecular weight excluding hydrogens is 252 g/mol. The van der Waals surface area contributed by atoms with Crippen LogP contribution in [0, 0.1) is 0 Å². The molecule has 18 heavy (non-hydrogen) atoms. The van der Waals surface area contributed by atoms with Crippen molar-refractivity contribution in [1.82, 2.24) is 9.97 Å². The maximum atomic E-state index is 12.0. The highest BCUT2D eigenvalue weighted by Gasteiger charge is 2.13. The monoisotopic (exact) mass is 264 g/mol. The van der Waals surface area contributed by atoms with Crippen molar-refractivity contribution < 1.29 is 8.42 Å². The lowest BCUT2D eigenvalue weighted by Crippen LogP contribution is -2.13. The Balaban J connectivity index is 2.22. The number of sulfonamides is 1. The summed E-state index contributed by atoms with van der Waals surface area (Å²) >= 11 is 0.